The summed E-state index contributed by atoms with van der Waals surface area (Å²) in [5.41, 5.74) is 3.80. The van der Waals surface area contributed by atoms with Crippen molar-refractivity contribution in [1.82, 2.24) is 14.9 Å². The van der Waals surface area contributed by atoms with Crippen molar-refractivity contribution in [3.05, 3.63) is 53.6 Å². The molecule has 0 radical (unpaired) electrons. The zero-order valence-corrected chi connectivity index (χ0v) is 14.9. The Balaban J connectivity index is 1.48. The molecular weight excluding hydrogens is 312 g/mol. The molecule has 2 aliphatic rings. The van der Waals surface area contributed by atoms with Gasteiger partial charge in [-0.1, -0.05) is 18.2 Å². The van der Waals surface area contributed by atoms with Gasteiger partial charge in [0.2, 0.25) is 0 Å². The molecule has 2 saturated heterocycles. The van der Waals surface area contributed by atoms with Crippen LogP contribution in [0.4, 0.5) is 5.69 Å². The molecule has 1 aromatic heterocycles. The van der Waals surface area contributed by atoms with E-state index < -0.39 is 0 Å². The summed E-state index contributed by atoms with van der Waals surface area (Å²) in [6.07, 6.45) is 4.40. The van der Waals surface area contributed by atoms with Crippen LogP contribution < -0.4 is 4.90 Å². The molecule has 2 aliphatic heterocycles. The number of ether oxygens (including phenoxy) is 1. The van der Waals surface area contributed by atoms with E-state index in [1.54, 1.807) is 0 Å². The van der Waals surface area contributed by atoms with E-state index in [1.807, 2.05) is 19.2 Å². The maximum absolute atomic E-state index is 5.94. The molecule has 2 fully saturated rings. The summed E-state index contributed by atoms with van der Waals surface area (Å²) in [6, 6.07) is 10.8. The number of para-hydroxylation sites is 1. The van der Waals surface area contributed by atoms with Crippen LogP contribution in [-0.2, 0) is 11.3 Å². The summed E-state index contributed by atoms with van der Waals surface area (Å²) >= 11 is 0. The van der Waals surface area contributed by atoms with Crippen molar-refractivity contribution in [3.63, 3.8) is 0 Å². The number of rotatable bonds is 4. The fourth-order valence-electron chi connectivity index (χ4n) is 3.78. The fourth-order valence-corrected chi connectivity index (χ4v) is 3.78. The lowest BCUT2D eigenvalue weighted by atomic mass is 10.1. The summed E-state index contributed by atoms with van der Waals surface area (Å²) in [5, 5.41) is 0. The normalized spacial score (nSPS) is 21.6. The van der Waals surface area contributed by atoms with Crippen molar-refractivity contribution in [1.29, 1.82) is 0 Å². The van der Waals surface area contributed by atoms with Crippen molar-refractivity contribution in [2.75, 3.05) is 37.7 Å². The summed E-state index contributed by atoms with van der Waals surface area (Å²) in [4.78, 5) is 14.0. The number of hydrogen-bond donors (Lipinski definition) is 0. The predicted octanol–water partition coefficient (Wildman–Crippen LogP) is 2.96. The largest absolute Gasteiger partial charge is 0.371 e. The first-order chi connectivity index (χ1) is 12.3. The first-order valence-electron chi connectivity index (χ1n) is 9.26. The van der Waals surface area contributed by atoms with Crippen LogP contribution in [0.5, 0.6) is 0 Å². The van der Waals surface area contributed by atoms with E-state index in [-0.39, 0.29) is 6.10 Å². The Labute approximate surface area is 149 Å². The van der Waals surface area contributed by atoms with Gasteiger partial charge < -0.3 is 9.64 Å². The average molecular weight is 338 g/mol. The van der Waals surface area contributed by atoms with Gasteiger partial charge in [0.1, 0.15) is 6.10 Å². The molecule has 0 saturated carbocycles. The Kier molecular flexibility index (Phi) is 4.95. The standard InChI is InChI=1S/C20H26N4O/c1-16-8-9-21-20(22-16)19-15-23(12-13-25-19)14-17-6-2-3-7-18(17)24-10-4-5-11-24/h2-3,6-9,19H,4-5,10-15H2,1H3/t19-/m1/s1. The molecule has 132 valence electrons. The number of hydrogen-bond acceptors (Lipinski definition) is 5. The SMILES string of the molecule is Cc1ccnc([C@H]2CN(Cc3ccccc3N3CCCC3)CCO2)n1. The lowest BCUT2D eigenvalue weighted by Gasteiger charge is -2.33. The summed E-state index contributed by atoms with van der Waals surface area (Å²) < 4.78 is 5.94. The van der Waals surface area contributed by atoms with Crippen LogP contribution >= 0.6 is 0 Å². The number of anilines is 1. The van der Waals surface area contributed by atoms with Gasteiger partial charge in [-0.05, 0) is 37.5 Å². The van der Waals surface area contributed by atoms with E-state index in [4.69, 9.17) is 4.74 Å². The minimum Gasteiger partial charge on any atom is -0.371 e. The van der Waals surface area contributed by atoms with Crippen LogP contribution in [0.25, 0.3) is 0 Å². The summed E-state index contributed by atoms with van der Waals surface area (Å²) in [6.45, 7) is 7.85. The van der Waals surface area contributed by atoms with Gasteiger partial charge in [-0.2, -0.15) is 0 Å². The summed E-state index contributed by atoms with van der Waals surface area (Å²) in [5.74, 6) is 0.803. The highest BCUT2D eigenvalue weighted by Crippen LogP contribution is 2.27. The zero-order valence-electron chi connectivity index (χ0n) is 14.9. The van der Waals surface area contributed by atoms with Gasteiger partial charge in [0.15, 0.2) is 5.82 Å². The van der Waals surface area contributed by atoms with E-state index in [0.717, 1.165) is 37.8 Å². The molecule has 0 amide bonds. The second-order valence-electron chi connectivity index (χ2n) is 6.97. The Hall–Kier alpha value is -1.98. The molecular formula is C20H26N4O. The lowest BCUT2D eigenvalue weighted by Crippen LogP contribution is -2.38. The third kappa shape index (κ3) is 3.83. The maximum Gasteiger partial charge on any atom is 0.158 e. The zero-order chi connectivity index (χ0) is 17.1. The van der Waals surface area contributed by atoms with Crippen LogP contribution in [0, 0.1) is 6.92 Å². The quantitative estimate of drug-likeness (QED) is 0.857. The minimum absolute atomic E-state index is 0.0346. The first kappa shape index (κ1) is 16.5. The minimum atomic E-state index is -0.0346. The average Bonchev–Trinajstić information content (AvgIpc) is 3.17. The molecule has 0 N–H and O–H groups in total. The topological polar surface area (TPSA) is 41.5 Å². The molecule has 1 atom stereocenters. The predicted molar refractivity (Wildman–Crippen MR) is 98.6 cm³/mol. The molecule has 0 spiro atoms. The Morgan fingerprint density at radius 2 is 1.96 bits per heavy atom. The van der Waals surface area contributed by atoms with E-state index in [2.05, 4.69) is 44.0 Å². The van der Waals surface area contributed by atoms with E-state index in [1.165, 1.54) is 37.2 Å². The Bertz CT molecular complexity index is 714. The monoisotopic (exact) mass is 338 g/mol. The number of aryl methyl sites for hydroxylation is 1. The summed E-state index contributed by atoms with van der Waals surface area (Å²) in [7, 11) is 0. The highest BCUT2D eigenvalue weighted by Gasteiger charge is 2.25. The van der Waals surface area contributed by atoms with Gasteiger partial charge in [0, 0.05) is 50.3 Å². The van der Waals surface area contributed by atoms with Gasteiger partial charge in [-0.15, -0.1) is 0 Å². The number of aromatic nitrogens is 2. The van der Waals surface area contributed by atoms with Crippen LogP contribution in [0.2, 0.25) is 0 Å². The van der Waals surface area contributed by atoms with Gasteiger partial charge >= 0.3 is 0 Å². The van der Waals surface area contributed by atoms with E-state index in [0.29, 0.717) is 0 Å². The highest BCUT2D eigenvalue weighted by atomic mass is 16.5. The molecule has 0 unspecified atom stereocenters. The van der Waals surface area contributed by atoms with Crippen molar-refractivity contribution in [3.8, 4) is 0 Å². The molecule has 5 nitrogen and oxygen atoms in total. The molecule has 1 aromatic carbocycles. The number of nitrogens with zero attached hydrogens (tertiary/aromatic N) is 4. The van der Waals surface area contributed by atoms with Gasteiger partial charge in [0.05, 0.1) is 6.61 Å². The molecule has 2 aromatic rings. The van der Waals surface area contributed by atoms with Crippen LogP contribution in [0.1, 0.15) is 36.0 Å². The highest BCUT2D eigenvalue weighted by molar-refractivity contribution is 5.54. The van der Waals surface area contributed by atoms with Crippen LogP contribution in [0.15, 0.2) is 36.5 Å². The number of morpholine rings is 1. The van der Waals surface area contributed by atoms with Crippen molar-refractivity contribution >= 4 is 5.69 Å². The molecule has 3 heterocycles. The second-order valence-corrected chi connectivity index (χ2v) is 6.97. The lowest BCUT2D eigenvalue weighted by molar-refractivity contribution is -0.0372. The van der Waals surface area contributed by atoms with Crippen LogP contribution in [0.3, 0.4) is 0 Å². The first-order valence-corrected chi connectivity index (χ1v) is 9.26. The van der Waals surface area contributed by atoms with E-state index in [9.17, 15) is 0 Å². The second kappa shape index (κ2) is 7.50. The molecule has 25 heavy (non-hydrogen) atoms. The smallest absolute Gasteiger partial charge is 0.158 e. The van der Waals surface area contributed by atoms with Gasteiger partial charge in [-0.25, -0.2) is 9.97 Å². The Morgan fingerprint density at radius 1 is 1.12 bits per heavy atom. The third-order valence-corrected chi connectivity index (χ3v) is 5.08. The number of benzene rings is 1. The van der Waals surface area contributed by atoms with Crippen molar-refractivity contribution < 1.29 is 4.74 Å². The molecule has 0 bridgehead atoms. The molecule has 0 aliphatic carbocycles. The maximum atomic E-state index is 5.94. The van der Waals surface area contributed by atoms with Crippen LogP contribution in [-0.4, -0.2) is 47.7 Å². The van der Waals surface area contributed by atoms with E-state index >= 15 is 0 Å². The van der Waals surface area contributed by atoms with Crippen molar-refractivity contribution in [2.24, 2.45) is 0 Å². The fraction of sp³-hybridized carbons (Fsp3) is 0.500. The third-order valence-electron chi connectivity index (χ3n) is 5.08. The Morgan fingerprint density at radius 3 is 2.80 bits per heavy atom. The molecule has 4 rings (SSSR count). The van der Waals surface area contributed by atoms with Gasteiger partial charge in [0.25, 0.3) is 0 Å². The van der Waals surface area contributed by atoms with Crippen molar-refractivity contribution in [2.45, 2.75) is 32.4 Å². The molecule has 5 heteroatoms. The van der Waals surface area contributed by atoms with Gasteiger partial charge in [-0.3, -0.25) is 4.90 Å².